The number of amides is 2. The summed E-state index contributed by atoms with van der Waals surface area (Å²) in [5, 5.41) is 4.01. The van der Waals surface area contributed by atoms with Crippen molar-refractivity contribution < 1.29 is 9.59 Å². The van der Waals surface area contributed by atoms with Gasteiger partial charge in [-0.15, -0.1) is 0 Å². The summed E-state index contributed by atoms with van der Waals surface area (Å²) in [5.41, 5.74) is 5.71. The van der Waals surface area contributed by atoms with E-state index in [0.717, 1.165) is 71.2 Å². The van der Waals surface area contributed by atoms with Crippen LogP contribution in [0.4, 0.5) is 5.69 Å². The molecule has 5 nitrogen and oxygen atoms in total. The first-order chi connectivity index (χ1) is 14.2. The molecule has 0 spiro atoms. The van der Waals surface area contributed by atoms with Crippen molar-refractivity contribution in [2.24, 2.45) is 0 Å². The molecule has 146 valence electrons. The summed E-state index contributed by atoms with van der Waals surface area (Å²) in [6.07, 6.45) is 4.40. The molecule has 1 aromatic heterocycles. The minimum atomic E-state index is -0.0515. The number of aromatic nitrogens is 1. The van der Waals surface area contributed by atoms with E-state index in [2.05, 4.69) is 5.32 Å². The van der Waals surface area contributed by atoms with Crippen LogP contribution in [-0.2, 0) is 24.2 Å². The van der Waals surface area contributed by atoms with Crippen LogP contribution in [0, 0.1) is 0 Å². The van der Waals surface area contributed by atoms with Crippen molar-refractivity contribution >= 4 is 28.4 Å². The molecule has 0 radical (unpaired) electrons. The quantitative estimate of drug-likeness (QED) is 0.743. The molecule has 29 heavy (non-hydrogen) atoms. The number of carbonyl (C=O) groups is 2. The maximum absolute atomic E-state index is 13.2. The zero-order valence-electron chi connectivity index (χ0n) is 16.3. The Morgan fingerprint density at radius 1 is 1.03 bits per heavy atom. The van der Waals surface area contributed by atoms with E-state index in [1.54, 1.807) is 0 Å². The molecule has 1 aliphatic carbocycles. The predicted molar refractivity (Wildman–Crippen MR) is 113 cm³/mol. The van der Waals surface area contributed by atoms with E-state index in [1.165, 1.54) is 0 Å². The Morgan fingerprint density at radius 2 is 1.93 bits per heavy atom. The van der Waals surface area contributed by atoms with Crippen LogP contribution in [0.15, 0.2) is 48.5 Å². The van der Waals surface area contributed by atoms with E-state index in [-0.39, 0.29) is 11.8 Å². The van der Waals surface area contributed by atoms with Gasteiger partial charge in [0.25, 0.3) is 5.91 Å². The molecule has 3 aromatic rings. The number of carbonyl (C=O) groups excluding carboxylic acids is 2. The fourth-order valence-electron chi connectivity index (χ4n) is 4.50. The van der Waals surface area contributed by atoms with Crippen molar-refractivity contribution in [1.82, 2.24) is 10.3 Å². The molecule has 2 aromatic carbocycles. The number of pyridine rings is 1. The lowest BCUT2D eigenvalue weighted by Gasteiger charge is -2.17. The molecule has 2 aliphatic rings. The summed E-state index contributed by atoms with van der Waals surface area (Å²) in [6.45, 7) is 1.20. The van der Waals surface area contributed by atoms with Gasteiger partial charge in [-0.1, -0.05) is 30.3 Å². The van der Waals surface area contributed by atoms with E-state index in [4.69, 9.17) is 4.98 Å². The molecule has 5 rings (SSSR count). The minimum absolute atomic E-state index is 0.0515. The van der Waals surface area contributed by atoms with Crippen molar-refractivity contribution in [2.75, 3.05) is 11.4 Å². The molecule has 1 aliphatic heterocycles. The molecule has 0 atom stereocenters. The van der Waals surface area contributed by atoms with Gasteiger partial charge in [0, 0.05) is 36.3 Å². The standard InChI is InChI=1S/C24H23N3O2/c28-22-12-5-13-27(22)17-7-3-6-16(14-17)15-25-24(29)23-18-8-1-2-10-20(18)26-21-11-4-9-19(21)23/h1-3,6-8,10,14H,4-5,9,11-13,15H2,(H,25,29). The van der Waals surface area contributed by atoms with E-state index in [9.17, 15) is 9.59 Å². The number of rotatable bonds is 4. The molecule has 2 heterocycles. The van der Waals surface area contributed by atoms with Gasteiger partial charge in [0.1, 0.15) is 0 Å². The van der Waals surface area contributed by atoms with Crippen LogP contribution in [0.5, 0.6) is 0 Å². The van der Waals surface area contributed by atoms with Gasteiger partial charge < -0.3 is 10.2 Å². The summed E-state index contributed by atoms with van der Waals surface area (Å²) < 4.78 is 0. The number of fused-ring (bicyclic) bond motifs is 2. The number of hydrogen-bond donors (Lipinski definition) is 1. The molecule has 0 bridgehead atoms. The third kappa shape index (κ3) is 3.27. The lowest BCUT2D eigenvalue weighted by Crippen LogP contribution is -2.26. The fourth-order valence-corrected chi connectivity index (χ4v) is 4.50. The molecule has 0 saturated carbocycles. The average molecular weight is 385 g/mol. The predicted octanol–water partition coefficient (Wildman–Crippen LogP) is 3.78. The van der Waals surface area contributed by atoms with Crippen molar-refractivity contribution in [3.05, 3.63) is 70.9 Å². The number of anilines is 1. The second kappa shape index (κ2) is 7.32. The third-order valence-electron chi connectivity index (χ3n) is 5.90. The van der Waals surface area contributed by atoms with Gasteiger partial charge in [0.05, 0.1) is 11.1 Å². The number of nitrogens with zero attached hydrogens (tertiary/aromatic N) is 2. The first kappa shape index (κ1) is 17.9. The highest BCUT2D eigenvalue weighted by molar-refractivity contribution is 6.07. The molecule has 0 unspecified atom stereocenters. The van der Waals surface area contributed by atoms with Gasteiger partial charge in [-0.25, -0.2) is 0 Å². The summed E-state index contributed by atoms with van der Waals surface area (Å²) in [7, 11) is 0. The van der Waals surface area contributed by atoms with Crippen molar-refractivity contribution in [3.63, 3.8) is 0 Å². The zero-order chi connectivity index (χ0) is 19.8. The molecular weight excluding hydrogens is 362 g/mol. The van der Waals surface area contributed by atoms with Gasteiger partial charge in [-0.3, -0.25) is 14.6 Å². The Labute approximate surface area is 169 Å². The van der Waals surface area contributed by atoms with Gasteiger partial charge in [-0.05, 0) is 55.0 Å². The van der Waals surface area contributed by atoms with Crippen LogP contribution in [-0.4, -0.2) is 23.3 Å². The maximum Gasteiger partial charge on any atom is 0.252 e. The van der Waals surface area contributed by atoms with Crippen LogP contribution >= 0.6 is 0 Å². The van der Waals surface area contributed by atoms with E-state index in [0.29, 0.717) is 13.0 Å². The average Bonchev–Trinajstić information content (AvgIpc) is 3.39. The summed E-state index contributed by atoms with van der Waals surface area (Å²) in [4.78, 5) is 31.8. The summed E-state index contributed by atoms with van der Waals surface area (Å²) in [6, 6.07) is 15.8. The Morgan fingerprint density at radius 3 is 2.79 bits per heavy atom. The second-order valence-electron chi connectivity index (χ2n) is 7.78. The zero-order valence-corrected chi connectivity index (χ0v) is 16.3. The molecular formula is C24H23N3O2. The molecule has 1 fully saturated rings. The number of benzene rings is 2. The highest BCUT2D eigenvalue weighted by Crippen LogP contribution is 2.30. The van der Waals surface area contributed by atoms with Crippen LogP contribution in [0.2, 0.25) is 0 Å². The maximum atomic E-state index is 13.2. The van der Waals surface area contributed by atoms with Crippen LogP contribution in [0.3, 0.4) is 0 Å². The first-order valence-electron chi connectivity index (χ1n) is 10.3. The largest absolute Gasteiger partial charge is 0.348 e. The van der Waals surface area contributed by atoms with Crippen LogP contribution in [0.1, 0.15) is 46.4 Å². The second-order valence-corrected chi connectivity index (χ2v) is 7.78. The number of aryl methyl sites for hydroxylation is 1. The fraction of sp³-hybridized carbons (Fsp3) is 0.292. The van der Waals surface area contributed by atoms with Gasteiger partial charge in [-0.2, -0.15) is 0 Å². The third-order valence-corrected chi connectivity index (χ3v) is 5.90. The van der Waals surface area contributed by atoms with Crippen molar-refractivity contribution in [2.45, 2.75) is 38.6 Å². The summed E-state index contributed by atoms with van der Waals surface area (Å²) in [5.74, 6) is 0.120. The normalized spacial score (nSPS) is 15.7. The first-order valence-corrected chi connectivity index (χ1v) is 10.3. The Bertz CT molecular complexity index is 1120. The Balaban J connectivity index is 1.40. The Hall–Kier alpha value is -3.21. The highest BCUT2D eigenvalue weighted by atomic mass is 16.2. The highest BCUT2D eigenvalue weighted by Gasteiger charge is 2.24. The van der Waals surface area contributed by atoms with Gasteiger partial charge in [0.15, 0.2) is 0 Å². The van der Waals surface area contributed by atoms with Crippen molar-refractivity contribution in [3.8, 4) is 0 Å². The molecule has 1 saturated heterocycles. The topological polar surface area (TPSA) is 62.3 Å². The monoisotopic (exact) mass is 385 g/mol. The number of nitrogens with one attached hydrogen (secondary N) is 1. The molecule has 1 N–H and O–H groups in total. The summed E-state index contributed by atoms with van der Waals surface area (Å²) >= 11 is 0. The van der Waals surface area contributed by atoms with Gasteiger partial charge in [0.2, 0.25) is 5.91 Å². The van der Waals surface area contributed by atoms with E-state index < -0.39 is 0 Å². The molecule has 2 amide bonds. The minimum Gasteiger partial charge on any atom is -0.348 e. The van der Waals surface area contributed by atoms with Crippen LogP contribution < -0.4 is 10.2 Å². The van der Waals surface area contributed by atoms with Gasteiger partial charge >= 0.3 is 0 Å². The van der Waals surface area contributed by atoms with Crippen molar-refractivity contribution in [1.29, 1.82) is 0 Å². The lowest BCUT2D eigenvalue weighted by atomic mass is 10.0. The molecule has 5 heteroatoms. The van der Waals surface area contributed by atoms with E-state index >= 15 is 0 Å². The number of para-hydroxylation sites is 1. The SMILES string of the molecule is O=C(NCc1cccc(N2CCCC2=O)c1)c1c2c(nc3ccccc13)CCC2. The number of hydrogen-bond acceptors (Lipinski definition) is 3. The van der Waals surface area contributed by atoms with E-state index in [1.807, 2.05) is 53.4 Å². The lowest BCUT2D eigenvalue weighted by molar-refractivity contribution is -0.117. The smallest absolute Gasteiger partial charge is 0.252 e. The Kier molecular flexibility index (Phi) is 4.51. The van der Waals surface area contributed by atoms with Crippen LogP contribution in [0.25, 0.3) is 10.9 Å².